The molecule has 2 fully saturated rings. The van der Waals surface area contributed by atoms with Gasteiger partial charge in [0, 0.05) is 10.8 Å². The van der Waals surface area contributed by atoms with Gasteiger partial charge in [-0.1, -0.05) is 30.2 Å². The molecule has 0 radical (unpaired) electrons. The van der Waals surface area contributed by atoms with Gasteiger partial charge < -0.3 is 5.11 Å². The highest BCUT2D eigenvalue weighted by Crippen LogP contribution is 2.64. The van der Waals surface area contributed by atoms with Crippen LogP contribution in [0.2, 0.25) is 0 Å². The predicted octanol–water partition coefficient (Wildman–Crippen LogP) is 3.97. The van der Waals surface area contributed by atoms with Gasteiger partial charge >= 0.3 is 0 Å². The molecule has 2 nitrogen and oxygen atoms in total. The van der Waals surface area contributed by atoms with Gasteiger partial charge in [-0.2, -0.15) is 0 Å². The minimum absolute atomic E-state index is 0.00689. The molecule has 0 amide bonds. The molecule has 0 aromatic carbocycles. The molecule has 0 aliphatic heterocycles. The van der Waals surface area contributed by atoms with Gasteiger partial charge in [-0.05, 0) is 69.9 Å². The number of fused-ring (bicyclic) bond motifs is 5. The van der Waals surface area contributed by atoms with E-state index in [4.69, 9.17) is 0 Å². The second-order valence-electron chi connectivity index (χ2n) is 8.45. The Bertz CT molecular complexity index is 636. The van der Waals surface area contributed by atoms with Crippen LogP contribution in [0.3, 0.4) is 0 Å². The minimum Gasteiger partial charge on any atom is -0.390 e. The van der Waals surface area contributed by atoms with Crippen molar-refractivity contribution in [1.82, 2.24) is 0 Å². The SMILES string of the molecule is C[C@]12C=CC(=O)C=C1CC[C@@H]1C2=CC[C@@]2(C)[C@H]1CC[C@]2(C)O. The number of carbonyl (C=O) groups excluding carboxylic acids is 1. The summed E-state index contributed by atoms with van der Waals surface area (Å²) < 4.78 is 0. The first-order chi connectivity index (χ1) is 10.3. The predicted molar refractivity (Wildman–Crippen MR) is 87.2 cm³/mol. The maximum atomic E-state index is 11.7. The first-order valence-electron chi connectivity index (χ1n) is 8.65. The van der Waals surface area contributed by atoms with Crippen LogP contribution in [0, 0.1) is 22.7 Å². The molecule has 118 valence electrons. The van der Waals surface area contributed by atoms with E-state index < -0.39 is 5.60 Å². The average Bonchev–Trinajstić information content (AvgIpc) is 2.70. The molecule has 2 heteroatoms. The van der Waals surface area contributed by atoms with E-state index in [0.29, 0.717) is 11.8 Å². The first-order valence-corrected chi connectivity index (χ1v) is 8.65. The van der Waals surface area contributed by atoms with Crippen LogP contribution in [0.1, 0.15) is 52.9 Å². The first kappa shape index (κ1) is 14.4. The van der Waals surface area contributed by atoms with Crippen LogP contribution in [0.4, 0.5) is 0 Å². The molecular weight excluding hydrogens is 272 g/mol. The zero-order chi connectivity index (χ0) is 15.8. The van der Waals surface area contributed by atoms with Crippen LogP contribution >= 0.6 is 0 Å². The summed E-state index contributed by atoms with van der Waals surface area (Å²) in [5, 5.41) is 10.9. The second-order valence-corrected chi connectivity index (χ2v) is 8.45. The second kappa shape index (κ2) is 4.23. The lowest BCUT2D eigenvalue weighted by Crippen LogP contribution is -2.49. The zero-order valence-corrected chi connectivity index (χ0v) is 13.9. The molecule has 5 atom stereocenters. The molecule has 0 aromatic rings. The highest BCUT2D eigenvalue weighted by molar-refractivity contribution is 6.01. The van der Waals surface area contributed by atoms with E-state index >= 15 is 0 Å². The molecule has 0 aromatic heterocycles. The molecule has 0 saturated heterocycles. The zero-order valence-electron chi connectivity index (χ0n) is 13.9. The Morgan fingerprint density at radius 3 is 2.77 bits per heavy atom. The molecule has 2 saturated carbocycles. The lowest BCUT2D eigenvalue weighted by Gasteiger charge is -2.53. The van der Waals surface area contributed by atoms with Gasteiger partial charge in [-0.15, -0.1) is 0 Å². The van der Waals surface area contributed by atoms with Crippen LogP contribution in [0.5, 0.6) is 0 Å². The summed E-state index contributed by atoms with van der Waals surface area (Å²) in [4.78, 5) is 11.7. The van der Waals surface area contributed by atoms with Crippen molar-refractivity contribution in [2.75, 3.05) is 0 Å². The van der Waals surface area contributed by atoms with Crippen molar-refractivity contribution in [3.8, 4) is 0 Å². The number of aliphatic hydroxyl groups is 1. The fourth-order valence-electron chi connectivity index (χ4n) is 5.75. The Balaban J connectivity index is 1.79. The number of hydrogen-bond donors (Lipinski definition) is 1. The number of carbonyl (C=O) groups is 1. The van der Waals surface area contributed by atoms with Crippen LogP contribution in [0.25, 0.3) is 0 Å². The van der Waals surface area contributed by atoms with Crippen LogP contribution < -0.4 is 0 Å². The number of hydrogen-bond acceptors (Lipinski definition) is 2. The maximum Gasteiger partial charge on any atom is 0.178 e. The normalized spacial score (nSPS) is 49.9. The van der Waals surface area contributed by atoms with Crippen molar-refractivity contribution >= 4 is 5.78 Å². The molecular formula is C20H26O2. The quantitative estimate of drug-likeness (QED) is 0.687. The molecule has 0 unspecified atom stereocenters. The summed E-state index contributed by atoms with van der Waals surface area (Å²) in [7, 11) is 0. The molecule has 4 aliphatic carbocycles. The lowest BCUT2D eigenvalue weighted by atomic mass is 9.52. The summed E-state index contributed by atoms with van der Waals surface area (Å²) in [6.45, 7) is 6.59. The number of allylic oxidation sites excluding steroid dienone is 6. The van der Waals surface area contributed by atoms with E-state index in [1.807, 2.05) is 13.0 Å². The largest absolute Gasteiger partial charge is 0.390 e. The molecule has 0 heterocycles. The van der Waals surface area contributed by atoms with E-state index in [1.165, 1.54) is 11.1 Å². The third-order valence-corrected chi connectivity index (χ3v) is 7.51. The third-order valence-electron chi connectivity index (χ3n) is 7.51. The van der Waals surface area contributed by atoms with Crippen molar-refractivity contribution < 1.29 is 9.90 Å². The Morgan fingerprint density at radius 1 is 1.23 bits per heavy atom. The van der Waals surface area contributed by atoms with E-state index in [-0.39, 0.29) is 16.6 Å². The Kier molecular flexibility index (Phi) is 2.77. The number of rotatable bonds is 0. The van der Waals surface area contributed by atoms with E-state index in [9.17, 15) is 9.90 Å². The highest BCUT2D eigenvalue weighted by Gasteiger charge is 2.59. The molecule has 0 spiro atoms. The topological polar surface area (TPSA) is 37.3 Å². The third kappa shape index (κ3) is 1.62. The molecule has 0 bridgehead atoms. The smallest absolute Gasteiger partial charge is 0.178 e. The van der Waals surface area contributed by atoms with Gasteiger partial charge in [0.15, 0.2) is 5.78 Å². The van der Waals surface area contributed by atoms with Crippen LogP contribution in [0.15, 0.2) is 35.5 Å². The average molecular weight is 298 g/mol. The summed E-state index contributed by atoms with van der Waals surface area (Å²) in [5.74, 6) is 1.27. The molecule has 22 heavy (non-hydrogen) atoms. The van der Waals surface area contributed by atoms with Gasteiger partial charge in [0.2, 0.25) is 0 Å². The van der Waals surface area contributed by atoms with Crippen LogP contribution in [-0.2, 0) is 4.79 Å². The Labute approximate surface area is 133 Å². The van der Waals surface area contributed by atoms with Crippen molar-refractivity contribution in [3.05, 3.63) is 35.5 Å². The Hall–Kier alpha value is -1.15. The van der Waals surface area contributed by atoms with Gasteiger partial charge in [-0.3, -0.25) is 4.79 Å². The highest BCUT2D eigenvalue weighted by atomic mass is 16.3. The standard InChI is InChI=1S/C20H26O2/c1-18-9-6-14(21)12-13(18)4-5-15-16(18)7-10-19(2)17(15)8-11-20(19,3)22/h6-7,9,12,15,17,22H,4-5,8,10-11H2,1-3H3/t15-,17+,18+,19+,20+/m1/s1. The van der Waals surface area contributed by atoms with Crippen molar-refractivity contribution in [2.24, 2.45) is 22.7 Å². The summed E-state index contributed by atoms with van der Waals surface area (Å²) in [6.07, 6.45) is 13.3. The fourth-order valence-corrected chi connectivity index (χ4v) is 5.75. The van der Waals surface area contributed by atoms with Crippen molar-refractivity contribution in [1.29, 1.82) is 0 Å². The minimum atomic E-state index is -0.547. The molecule has 4 aliphatic rings. The monoisotopic (exact) mass is 298 g/mol. The van der Waals surface area contributed by atoms with E-state index in [0.717, 1.165) is 32.1 Å². The van der Waals surface area contributed by atoms with Crippen molar-refractivity contribution in [3.63, 3.8) is 0 Å². The van der Waals surface area contributed by atoms with Gasteiger partial charge in [0.25, 0.3) is 0 Å². The molecule has 1 N–H and O–H groups in total. The van der Waals surface area contributed by atoms with E-state index in [2.05, 4.69) is 26.0 Å². The van der Waals surface area contributed by atoms with Gasteiger partial charge in [0.05, 0.1) is 5.60 Å². The number of ketones is 1. The summed E-state index contributed by atoms with van der Waals surface area (Å²) >= 11 is 0. The lowest BCUT2D eigenvalue weighted by molar-refractivity contribution is -0.110. The van der Waals surface area contributed by atoms with Gasteiger partial charge in [0.1, 0.15) is 0 Å². The van der Waals surface area contributed by atoms with Gasteiger partial charge in [-0.25, -0.2) is 0 Å². The summed E-state index contributed by atoms with van der Waals surface area (Å²) in [5.41, 5.74) is 2.19. The Morgan fingerprint density at radius 2 is 2.00 bits per heavy atom. The van der Waals surface area contributed by atoms with Crippen molar-refractivity contribution in [2.45, 2.75) is 58.5 Å². The fraction of sp³-hybridized carbons (Fsp3) is 0.650. The maximum absolute atomic E-state index is 11.7. The molecule has 4 rings (SSSR count). The van der Waals surface area contributed by atoms with E-state index in [1.54, 1.807) is 6.08 Å². The van der Waals surface area contributed by atoms with Crippen LogP contribution in [-0.4, -0.2) is 16.5 Å². The summed E-state index contributed by atoms with van der Waals surface area (Å²) in [6, 6.07) is 0.